The zero-order valence-corrected chi connectivity index (χ0v) is 13.4. The van der Waals surface area contributed by atoms with Gasteiger partial charge in [-0.15, -0.1) is 0 Å². The van der Waals surface area contributed by atoms with Gasteiger partial charge in [0.15, 0.2) is 0 Å². The van der Waals surface area contributed by atoms with Gasteiger partial charge in [-0.1, -0.05) is 48.5 Å². The Morgan fingerprint density at radius 3 is 2.61 bits per heavy atom. The summed E-state index contributed by atoms with van der Waals surface area (Å²) in [6, 6.07) is 19.5. The molecule has 23 heavy (non-hydrogen) atoms. The van der Waals surface area contributed by atoms with Crippen LogP contribution in [-0.4, -0.2) is 24.5 Å². The third-order valence-electron chi connectivity index (χ3n) is 5.87. The monoisotopic (exact) mass is 305 g/mol. The molecule has 0 N–H and O–H groups in total. The summed E-state index contributed by atoms with van der Waals surface area (Å²) in [7, 11) is 0. The Morgan fingerprint density at radius 2 is 1.78 bits per heavy atom. The molecule has 3 aliphatic rings. The number of ether oxygens (including phenoxy) is 1. The zero-order chi connectivity index (χ0) is 15.3. The van der Waals surface area contributed by atoms with E-state index in [1.54, 1.807) is 0 Å². The van der Waals surface area contributed by atoms with E-state index in [2.05, 4.69) is 59.5 Å². The van der Waals surface area contributed by atoms with Crippen LogP contribution in [0.25, 0.3) is 0 Å². The van der Waals surface area contributed by atoms with Crippen LogP contribution in [0.3, 0.4) is 0 Å². The van der Waals surface area contributed by atoms with Crippen molar-refractivity contribution in [3.63, 3.8) is 0 Å². The number of hydrogen-bond acceptors (Lipinski definition) is 2. The maximum absolute atomic E-state index is 6.63. The largest absolute Gasteiger partial charge is 0.482 e. The molecule has 0 radical (unpaired) electrons. The van der Waals surface area contributed by atoms with Gasteiger partial charge >= 0.3 is 0 Å². The Hall–Kier alpha value is -1.80. The van der Waals surface area contributed by atoms with Gasteiger partial charge in [0, 0.05) is 37.5 Å². The van der Waals surface area contributed by atoms with E-state index in [4.69, 9.17) is 4.74 Å². The second-order valence-electron chi connectivity index (χ2n) is 7.40. The van der Waals surface area contributed by atoms with Gasteiger partial charge in [0.25, 0.3) is 0 Å². The van der Waals surface area contributed by atoms with E-state index in [1.807, 2.05) is 0 Å². The SMILES string of the molecule is c1ccc([C@]23CCN(CC4CC4)C[C@H]2c2ccccc2O3)cc1. The van der Waals surface area contributed by atoms with Crippen LogP contribution < -0.4 is 4.74 Å². The number of benzene rings is 2. The maximum Gasteiger partial charge on any atom is 0.143 e. The molecule has 2 aromatic rings. The lowest BCUT2D eigenvalue weighted by atomic mass is 9.74. The van der Waals surface area contributed by atoms with Crippen molar-refractivity contribution in [2.75, 3.05) is 19.6 Å². The maximum atomic E-state index is 6.63. The van der Waals surface area contributed by atoms with Gasteiger partial charge in [0.2, 0.25) is 0 Å². The van der Waals surface area contributed by atoms with Crippen molar-refractivity contribution in [1.29, 1.82) is 0 Å². The van der Waals surface area contributed by atoms with Crippen LogP contribution in [0.2, 0.25) is 0 Å². The molecule has 0 amide bonds. The molecule has 1 saturated carbocycles. The van der Waals surface area contributed by atoms with Gasteiger partial charge in [-0.3, -0.25) is 0 Å². The van der Waals surface area contributed by atoms with Crippen LogP contribution in [-0.2, 0) is 5.60 Å². The van der Waals surface area contributed by atoms with Crippen molar-refractivity contribution < 1.29 is 4.74 Å². The van der Waals surface area contributed by atoms with Crippen LogP contribution in [0, 0.1) is 5.92 Å². The lowest BCUT2D eigenvalue weighted by Crippen LogP contribution is -2.49. The molecule has 2 atom stereocenters. The summed E-state index contributed by atoms with van der Waals surface area (Å²) < 4.78 is 6.63. The van der Waals surface area contributed by atoms with E-state index in [1.165, 1.54) is 30.5 Å². The Balaban J connectivity index is 1.54. The summed E-state index contributed by atoms with van der Waals surface area (Å²) in [5.41, 5.74) is 2.58. The van der Waals surface area contributed by atoms with E-state index >= 15 is 0 Å². The molecule has 1 saturated heterocycles. The number of piperidine rings is 1. The van der Waals surface area contributed by atoms with Crippen molar-refractivity contribution in [3.05, 3.63) is 65.7 Å². The minimum atomic E-state index is -0.162. The predicted molar refractivity (Wildman–Crippen MR) is 91.7 cm³/mol. The second kappa shape index (κ2) is 5.10. The summed E-state index contributed by atoms with van der Waals surface area (Å²) in [6.07, 6.45) is 3.94. The molecule has 2 aliphatic heterocycles. The highest BCUT2D eigenvalue weighted by Crippen LogP contribution is 2.54. The van der Waals surface area contributed by atoms with Crippen molar-refractivity contribution in [3.8, 4) is 5.75 Å². The van der Waals surface area contributed by atoms with Gasteiger partial charge in [-0.25, -0.2) is 0 Å². The molecule has 0 spiro atoms. The number of hydrogen-bond donors (Lipinski definition) is 0. The normalized spacial score (nSPS) is 29.7. The number of rotatable bonds is 3. The summed E-state index contributed by atoms with van der Waals surface area (Å²) in [5.74, 6) is 2.50. The topological polar surface area (TPSA) is 12.5 Å². The standard InChI is InChI=1S/C21H23NO/c1-2-6-17(7-3-1)21-12-13-22(14-16-10-11-16)15-19(21)18-8-4-5-9-20(18)23-21/h1-9,16,19H,10-15H2/t19-,21+/m0/s1. The van der Waals surface area contributed by atoms with Crippen LogP contribution in [0.5, 0.6) is 5.75 Å². The fourth-order valence-electron chi connectivity index (χ4n) is 4.48. The van der Waals surface area contributed by atoms with E-state index < -0.39 is 0 Å². The molecule has 2 fully saturated rings. The minimum Gasteiger partial charge on any atom is -0.482 e. The highest BCUT2D eigenvalue weighted by Gasteiger charge is 2.52. The number of fused-ring (bicyclic) bond motifs is 3. The first-order valence-corrected chi connectivity index (χ1v) is 8.91. The highest BCUT2D eigenvalue weighted by molar-refractivity contribution is 5.47. The van der Waals surface area contributed by atoms with Gasteiger partial charge in [-0.05, 0) is 30.4 Å². The molecule has 2 aromatic carbocycles. The average Bonchev–Trinajstić information content (AvgIpc) is 3.35. The Bertz CT molecular complexity index is 709. The Morgan fingerprint density at radius 1 is 1.00 bits per heavy atom. The third kappa shape index (κ3) is 2.20. The predicted octanol–water partition coefficient (Wildman–Crippen LogP) is 4.17. The van der Waals surface area contributed by atoms with Crippen molar-refractivity contribution in [1.82, 2.24) is 4.90 Å². The van der Waals surface area contributed by atoms with E-state index in [0.29, 0.717) is 5.92 Å². The molecular formula is C21H23NO. The number of likely N-dealkylation sites (tertiary alicyclic amines) is 1. The Labute approximate surface area is 138 Å². The fraction of sp³-hybridized carbons (Fsp3) is 0.429. The zero-order valence-electron chi connectivity index (χ0n) is 13.4. The number of para-hydroxylation sites is 1. The first kappa shape index (κ1) is 13.6. The summed E-state index contributed by atoms with van der Waals surface area (Å²) in [6.45, 7) is 3.56. The van der Waals surface area contributed by atoms with Crippen molar-refractivity contribution in [2.24, 2.45) is 5.92 Å². The van der Waals surface area contributed by atoms with Crippen LogP contribution in [0.4, 0.5) is 0 Å². The van der Waals surface area contributed by atoms with Gasteiger partial charge in [-0.2, -0.15) is 0 Å². The molecular weight excluding hydrogens is 282 g/mol. The molecule has 0 bridgehead atoms. The van der Waals surface area contributed by atoms with Crippen LogP contribution >= 0.6 is 0 Å². The molecule has 2 heterocycles. The molecule has 1 aliphatic carbocycles. The first-order chi connectivity index (χ1) is 11.4. The van der Waals surface area contributed by atoms with Crippen LogP contribution in [0.15, 0.2) is 54.6 Å². The summed E-state index contributed by atoms with van der Waals surface area (Å²) >= 11 is 0. The van der Waals surface area contributed by atoms with E-state index in [0.717, 1.165) is 31.2 Å². The lowest BCUT2D eigenvalue weighted by Gasteiger charge is -2.43. The van der Waals surface area contributed by atoms with E-state index in [9.17, 15) is 0 Å². The third-order valence-corrected chi connectivity index (χ3v) is 5.87. The molecule has 118 valence electrons. The van der Waals surface area contributed by atoms with Crippen LogP contribution in [0.1, 0.15) is 36.3 Å². The number of nitrogens with zero attached hydrogens (tertiary/aromatic N) is 1. The second-order valence-corrected chi connectivity index (χ2v) is 7.40. The fourth-order valence-corrected chi connectivity index (χ4v) is 4.48. The summed E-state index contributed by atoms with van der Waals surface area (Å²) in [5, 5.41) is 0. The van der Waals surface area contributed by atoms with E-state index in [-0.39, 0.29) is 5.60 Å². The van der Waals surface area contributed by atoms with Gasteiger partial charge in [0.1, 0.15) is 11.4 Å². The molecule has 2 heteroatoms. The highest BCUT2D eigenvalue weighted by atomic mass is 16.5. The Kier molecular flexibility index (Phi) is 3.02. The van der Waals surface area contributed by atoms with Gasteiger partial charge < -0.3 is 9.64 Å². The quantitative estimate of drug-likeness (QED) is 0.843. The lowest BCUT2D eigenvalue weighted by molar-refractivity contribution is -0.00135. The molecule has 5 rings (SSSR count). The summed E-state index contributed by atoms with van der Waals surface area (Å²) in [4.78, 5) is 2.68. The van der Waals surface area contributed by atoms with Crippen molar-refractivity contribution >= 4 is 0 Å². The minimum absolute atomic E-state index is 0.162. The molecule has 0 unspecified atom stereocenters. The smallest absolute Gasteiger partial charge is 0.143 e. The average molecular weight is 305 g/mol. The van der Waals surface area contributed by atoms with Gasteiger partial charge in [0.05, 0.1) is 0 Å². The first-order valence-electron chi connectivity index (χ1n) is 8.91. The molecule has 2 nitrogen and oxygen atoms in total. The molecule has 0 aromatic heterocycles. The van der Waals surface area contributed by atoms with Crippen molar-refractivity contribution in [2.45, 2.75) is 30.8 Å².